The quantitative estimate of drug-likeness (QED) is 0.381. The van der Waals surface area contributed by atoms with E-state index in [1.165, 1.54) is 25.7 Å². The Hall–Kier alpha value is -1.18. The van der Waals surface area contributed by atoms with E-state index in [4.69, 9.17) is 9.47 Å². The topological polar surface area (TPSA) is 54.9 Å². The number of hydrogen-bond acceptors (Lipinski definition) is 3. The van der Waals surface area contributed by atoms with Crippen LogP contribution in [0.2, 0.25) is 0 Å². The number of ether oxygens (including phenoxy) is 2. The molecule has 0 aromatic heterocycles. The maximum Gasteiger partial charge on any atom is 0.191 e. The van der Waals surface area contributed by atoms with Gasteiger partial charge in [-0.3, -0.25) is 0 Å². The minimum Gasteiger partial charge on any atom is -0.497 e. The van der Waals surface area contributed by atoms with Crippen molar-refractivity contribution in [1.82, 2.24) is 10.6 Å². The molecule has 1 aromatic carbocycles. The fourth-order valence-electron chi connectivity index (χ4n) is 2.73. The van der Waals surface area contributed by atoms with Crippen molar-refractivity contribution < 1.29 is 9.47 Å². The van der Waals surface area contributed by atoms with Crippen LogP contribution in [0.15, 0.2) is 29.3 Å². The standard InChI is InChI=1S/C18H29N3O2.HI/c1-4-19-18(21-15-7-5-6-8-15)20-13-14(2)23-17-11-9-16(22-3)10-12-17;/h9-12,14-15H,4-8,13H2,1-3H3,(H2,19,20,21);1H. The highest BCUT2D eigenvalue weighted by atomic mass is 127. The first-order valence-corrected chi connectivity index (χ1v) is 8.56. The molecule has 1 aromatic rings. The van der Waals surface area contributed by atoms with Gasteiger partial charge >= 0.3 is 0 Å². The number of methoxy groups -OCH3 is 1. The maximum atomic E-state index is 5.89. The number of rotatable bonds is 7. The molecule has 0 bridgehead atoms. The number of nitrogens with one attached hydrogen (secondary N) is 2. The number of hydrogen-bond donors (Lipinski definition) is 2. The van der Waals surface area contributed by atoms with E-state index in [1.807, 2.05) is 31.2 Å². The molecule has 24 heavy (non-hydrogen) atoms. The van der Waals surface area contributed by atoms with Gasteiger partial charge in [0.2, 0.25) is 0 Å². The first kappa shape index (κ1) is 20.9. The van der Waals surface area contributed by atoms with Crippen molar-refractivity contribution in [2.75, 3.05) is 20.2 Å². The van der Waals surface area contributed by atoms with Gasteiger partial charge in [0.1, 0.15) is 17.6 Å². The molecule has 1 unspecified atom stereocenters. The third-order valence-electron chi connectivity index (χ3n) is 3.94. The average Bonchev–Trinajstić information content (AvgIpc) is 3.06. The molecule has 6 heteroatoms. The second-order valence-corrected chi connectivity index (χ2v) is 5.95. The zero-order valence-corrected chi connectivity index (χ0v) is 17.2. The molecule has 2 rings (SSSR count). The minimum atomic E-state index is 0. The van der Waals surface area contributed by atoms with E-state index >= 15 is 0 Å². The summed E-state index contributed by atoms with van der Waals surface area (Å²) in [7, 11) is 1.66. The molecule has 2 N–H and O–H groups in total. The summed E-state index contributed by atoms with van der Waals surface area (Å²) in [5.41, 5.74) is 0. The van der Waals surface area contributed by atoms with Crippen LogP contribution in [0.5, 0.6) is 11.5 Å². The first-order valence-electron chi connectivity index (χ1n) is 8.56. The molecule has 0 spiro atoms. The van der Waals surface area contributed by atoms with Crippen LogP contribution in [0.1, 0.15) is 39.5 Å². The van der Waals surface area contributed by atoms with Gasteiger partial charge in [-0.2, -0.15) is 0 Å². The summed E-state index contributed by atoms with van der Waals surface area (Å²) in [5, 5.41) is 6.83. The van der Waals surface area contributed by atoms with Gasteiger partial charge in [0.15, 0.2) is 5.96 Å². The molecular formula is C18H30IN3O2. The van der Waals surface area contributed by atoms with E-state index in [9.17, 15) is 0 Å². The Labute approximate surface area is 162 Å². The molecule has 5 nitrogen and oxygen atoms in total. The highest BCUT2D eigenvalue weighted by Gasteiger charge is 2.16. The van der Waals surface area contributed by atoms with E-state index in [2.05, 4.69) is 22.5 Å². The fraction of sp³-hybridized carbons (Fsp3) is 0.611. The number of halogens is 1. The minimum absolute atomic E-state index is 0. The predicted octanol–water partition coefficient (Wildman–Crippen LogP) is 3.58. The molecule has 1 aliphatic rings. The Morgan fingerprint density at radius 3 is 2.42 bits per heavy atom. The summed E-state index contributed by atoms with van der Waals surface area (Å²) < 4.78 is 11.0. The molecule has 1 atom stereocenters. The van der Waals surface area contributed by atoms with E-state index in [0.29, 0.717) is 12.6 Å². The van der Waals surface area contributed by atoms with Gasteiger partial charge in [-0.05, 0) is 51.0 Å². The molecule has 136 valence electrons. The van der Waals surface area contributed by atoms with Gasteiger partial charge < -0.3 is 20.1 Å². The third kappa shape index (κ3) is 7.15. The van der Waals surface area contributed by atoms with Crippen molar-refractivity contribution in [3.05, 3.63) is 24.3 Å². The highest BCUT2D eigenvalue weighted by molar-refractivity contribution is 14.0. The molecule has 1 fully saturated rings. The van der Waals surface area contributed by atoms with Gasteiger partial charge in [-0.25, -0.2) is 4.99 Å². The number of benzene rings is 1. The smallest absolute Gasteiger partial charge is 0.191 e. The Morgan fingerprint density at radius 2 is 1.83 bits per heavy atom. The van der Waals surface area contributed by atoms with Crippen molar-refractivity contribution >= 4 is 29.9 Å². The Balaban J connectivity index is 0.00000288. The van der Waals surface area contributed by atoms with Crippen LogP contribution in [0, 0.1) is 0 Å². The normalized spacial score (nSPS) is 16.2. The summed E-state index contributed by atoms with van der Waals surface area (Å²) in [4.78, 5) is 4.65. The Morgan fingerprint density at radius 1 is 1.21 bits per heavy atom. The van der Waals surface area contributed by atoms with Crippen LogP contribution < -0.4 is 20.1 Å². The molecule has 0 heterocycles. The number of nitrogens with zero attached hydrogens (tertiary/aromatic N) is 1. The van der Waals surface area contributed by atoms with Crippen molar-refractivity contribution in [1.29, 1.82) is 0 Å². The monoisotopic (exact) mass is 447 g/mol. The molecule has 0 amide bonds. The largest absolute Gasteiger partial charge is 0.497 e. The highest BCUT2D eigenvalue weighted by Crippen LogP contribution is 2.19. The zero-order valence-electron chi connectivity index (χ0n) is 14.9. The lowest BCUT2D eigenvalue weighted by Gasteiger charge is -2.18. The van der Waals surface area contributed by atoms with Crippen molar-refractivity contribution in [2.24, 2.45) is 4.99 Å². The van der Waals surface area contributed by atoms with Crippen LogP contribution in [0.3, 0.4) is 0 Å². The average molecular weight is 447 g/mol. The van der Waals surface area contributed by atoms with Crippen LogP contribution in [0.25, 0.3) is 0 Å². The van der Waals surface area contributed by atoms with Crippen LogP contribution in [-0.2, 0) is 0 Å². The van der Waals surface area contributed by atoms with Crippen molar-refractivity contribution in [3.8, 4) is 11.5 Å². The second-order valence-electron chi connectivity index (χ2n) is 5.95. The lowest BCUT2D eigenvalue weighted by atomic mass is 10.2. The van der Waals surface area contributed by atoms with E-state index in [0.717, 1.165) is 24.0 Å². The maximum absolute atomic E-state index is 5.89. The summed E-state index contributed by atoms with van der Waals surface area (Å²) >= 11 is 0. The van der Waals surface area contributed by atoms with Gasteiger partial charge in [0.05, 0.1) is 13.7 Å². The summed E-state index contributed by atoms with van der Waals surface area (Å²) in [6.07, 6.45) is 5.12. The lowest BCUT2D eigenvalue weighted by Crippen LogP contribution is -2.42. The van der Waals surface area contributed by atoms with E-state index in [1.54, 1.807) is 7.11 Å². The first-order chi connectivity index (χ1) is 11.2. The van der Waals surface area contributed by atoms with Crippen molar-refractivity contribution in [3.63, 3.8) is 0 Å². The van der Waals surface area contributed by atoms with Gasteiger partial charge in [0, 0.05) is 12.6 Å². The molecule has 0 aliphatic heterocycles. The molecular weight excluding hydrogens is 417 g/mol. The van der Waals surface area contributed by atoms with Crippen LogP contribution >= 0.6 is 24.0 Å². The number of aliphatic imine (C=N–C) groups is 1. The summed E-state index contributed by atoms with van der Waals surface area (Å²) in [5.74, 6) is 2.56. The van der Waals surface area contributed by atoms with E-state index in [-0.39, 0.29) is 30.1 Å². The van der Waals surface area contributed by atoms with Crippen LogP contribution in [0.4, 0.5) is 0 Å². The van der Waals surface area contributed by atoms with E-state index < -0.39 is 0 Å². The Kier molecular flexibility index (Phi) is 9.90. The number of guanidine groups is 1. The van der Waals surface area contributed by atoms with Crippen molar-refractivity contribution in [2.45, 2.75) is 51.7 Å². The molecule has 1 saturated carbocycles. The van der Waals surface area contributed by atoms with Gasteiger partial charge in [0.25, 0.3) is 0 Å². The third-order valence-corrected chi connectivity index (χ3v) is 3.94. The summed E-state index contributed by atoms with van der Waals surface area (Å²) in [6.45, 7) is 5.61. The molecule has 1 aliphatic carbocycles. The Bertz CT molecular complexity index is 488. The lowest BCUT2D eigenvalue weighted by molar-refractivity contribution is 0.230. The molecule has 0 radical (unpaired) electrons. The summed E-state index contributed by atoms with van der Waals surface area (Å²) in [6, 6.07) is 8.20. The van der Waals surface area contributed by atoms with Gasteiger partial charge in [-0.15, -0.1) is 24.0 Å². The molecule has 0 saturated heterocycles. The van der Waals surface area contributed by atoms with Crippen LogP contribution in [-0.4, -0.2) is 38.3 Å². The SMILES string of the molecule is CCNC(=NCC(C)Oc1ccc(OC)cc1)NC1CCCC1.I. The zero-order chi connectivity index (χ0) is 16.5. The second kappa shape index (κ2) is 11.4. The predicted molar refractivity (Wildman–Crippen MR) is 110 cm³/mol. The van der Waals surface area contributed by atoms with Gasteiger partial charge in [-0.1, -0.05) is 12.8 Å². The fourth-order valence-corrected chi connectivity index (χ4v) is 2.73.